The summed E-state index contributed by atoms with van der Waals surface area (Å²) in [4.78, 5) is 4.04. The van der Waals surface area contributed by atoms with Gasteiger partial charge in [-0.05, 0) is 54.8 Å². The molecule has 1 N–H and O–H groups in total. The molecule has 0 fully saturated rings. The van der Waals surface area contributed by atoms with Gasteiger partial charge in [-0.2, -0.15) is 0 Å². The highest BCUT2D eigenvalue weighted by Crippen LogP contribution is 2.33. The summed E-state index contributed by atoms with van der Waals surface area (Å²) in [5.74, 6) is 0. The van der Waals surface area contributed by atoms with E-state index in [4.69, 9.17) is 0 Å². The van der Waals surface area contributed by atoms with Gasteiger partial charge >= 0.3 is 0 Å². The second-order valence-electron chi connectivity index (χ2n) is 5.92. The second kappa shape index (κ2) is 6.30. The normalized spacial score (nSPS) is 20.2. The molecule has 0 saturated heterocycles. The number of hydrogen-bond donors (Lipinski definition) is 1. The molecule has 112 valence electrons. The minimum absolute atomic E-state index is 0.359. The Morgan fingerprint density at radius 1 is 1.33 bits per heavy atom. The van der Waals surface area contributed by atoms with Crippen molar-refractivity contribution in [1.29, 1.82) is 0 Å². The van der Waals surface area contributed by atoms with Crippen LogP contribution < -0.4 is 0 Å². The van der Waals surface area contributed by atoms with Crippen LogP contribution in [0.2, 0.25) is 0 Å². The first-order chi connectivity index (χ1) is 10.2. The summed E-state index contributed by atoms with van der Waals surface area (Å²) in [5.41, 5.74) is 3.73. The number of thiophene rings is 1. The Morgan fingerprint density at radius 3 is 2.95 bits per heavy atom. The molecular weight excluding hydrogens is 278 g/mol. The number of fused-ring (bicyclic) bond motifs is 1. The molecule has 3 rings (SSSR count). The maximum atomic E-state index is 10.4. The molecule has 2 unspecified atom stereocenters. The number of nitrogens with zero attached hydrogens (tertiary/aromatic N) is 1. The van der Waals surface area contributed by atoms with Gasteiger partial charge < -0.3 is 5.11 Å². The summed E-state index contributed by atoms with van der Waals surface area (Å²) in [6.45, 7) is 6.41. The molecule has 2 atom stereocenters. The Labute approximate surface area is 131 Å². The third kappa shape index (κ3) is 3.05. The Morgan fingerprint density at radius 2 is 2.14 bits per heavy atom. The quantitative estimate of drug-likeness (QED) is 0.919. The zero-order valence-corrected chi connectivity index (χ0v) is 13.6. The van der Waals surface area contributed by atoms with Gasteiger partial charge in [-0.25, -0.2) is 0 Å². The van der Waals surface area contributed by atoms with E-state index in [0.717, 1.165) is 31.5 Å². The molecule has 21 heavy (non-hydrogen) atoms. The summed E-state index contributed by atoms with van der Waals surface area (Å²) in [5, 5.41) is 12.7. The van der Waals surface area contributed by atoms with E-state index in [0.29, 0.717) is 6.04 Å². The highest BCUT2D eigenvalue weighted by Gasteiger charge is 2.25. The topological polar surface area (TPSA) is 23.5 Å². The molecule has 0 bridgehead atoms. The number of aliphatic hydroxyl groups excluding tert-OH is 1. The highest BCUT2D eigenvalue weighted by atomic mass is 32.1. The monoisotopic (exact) mass is 301 g/mol. The van der Waals surface area contributed by atoms with Crippen molar-refractivity contribution in [3.63, 3.8) is 0 Å². The lowest BCUT2D eigenvalue weighted by Crippen LogP contribution is -2.34. The zero-order valence-electron chi connectivity index (χ0n) is 12.7. The van der Waals surface area contributed by atoms with E-state index < -0.39 is 0 Å². The van der Waals surface area contributed by atoms with Crippen LogP contribution in [-0.4, -0.2) is 23.1 Å². The van der Waals surface area contributed by atoms with E-state index in [9.17, 15) is 5.11 Å². The molecule has 3 heteroatoms. The van der Waals surface area contributed by atoms with Crippen molar-refractivity contribution in [3.05, 3.63) is 57.3 Å². The molecule has 0 aliphatic carbocycles. The summed E-state index contributed by atoms with van der Waals surface area (Å²) in [6, 6.07) is 10.9. The smallest absolute Gasteiger partial charge is 0.0804 e. The van der Waals surface area contributed by atoms with Gasteiger partial charge in [0.05, 0.1) is 6.10 Å². The Balaban J connectivity index is 1.62. The fourth-order valence-electron chi connectivity index (χ4n) is 3.27. The Bertz CT molecular complexity index is 607. The van der Waals surface area contributed by atoms with Gasteiger partial charge in [0.15, 0.2) is 0 Å². The van der Waals surface area contributed by atoms with Crippen molar-refractivity contribution in [2.24, 2.45) is 0 Å². The first-order valence-corrected chi connectivity index (χ1v) is 8.58. The van der Waals surface area contributed by atoms with Crippen molar-refractivity contribution >= 4 is 11.3 Å². The van der Waals surface area contributed by atoms with Crippen molar-refractivity contribution in [2.75, 3.05) is 13.1 Å². The van der Waals surface area contributed by atoms with Crippen LogP contribution in [0.1, 0.15) is 47.1 Å². The molecule has 0 spiro atoms. The molecule has 0 radical (unpaired) electrons. The summed E-state index contributed by atoms with van der Waals surface area (Å²) in [7, 11) is 0. The molecule has 2 heterocycles. The number of aliphatic hydroxyl groups is 1. The molecule has 1 aromatic heterocycles. The van der Waals surface area contributed by atoms with Gasteiger partial charge in [0.2, 0.25) is 0 Å². The largest absolute Gasteiger partial charge is 0.388 e. The third-order valence-corrected chi connectivity index (χ3v) is 5.64. The van der Waals surface area contributed by atoms with Crippen molar-refractivity contribution < 1.29 is 5.11 Å². The summed E-state index contributed by atoms with van der Waals surface area (Å²) in [6.07, 6.45) is 1.59. The number of aryl methyl sites for hydroxylation is 1. The average molecular weight is 301 g/mol. The molecule has 2 nitrogen and oxygen atoms in total. The van der Waals surface area contributed by atoms with Gasteiger partial charge in [-0.1, -0.05) is 24.3 Å². The van der Waals surface area contributed by atoms with Crippen LogP contribution in [0.3, 0.4) is 0 Å². The van der Waals surface area contributed by atoms with E-state index in [1.165, 1.54) is 11.1 Å². The zero-order chi connectivity index (χ0) is 14.8. The predicted molar refractivity (Wildman–Crippen MR) is 88.8 cm³/mol. The van der Waals surface area contributed by atoms with Crippen LogP contribution in [0, 0.1) is 6.92 Å². The van der Waals surface area contributed by atoms with Gasteiger partial charge in [0.1, 0.15) is 0 Å². The number of hydrogen-bond acceptors (Lipinski definition) is 3. The first kappa shape index (κ1) is 14.8. The molecule has 0 amide bonds. The first-order valence-electron chi connectivity index (χ1n) is 7.70. The second-order valence-corrected chi connectivity index (χ2v) is 6.92. The molecule has 0 saturated carbocycles. The van der Waals surface area contributed by atoms with E-state index in [1.807, 2.05) is 29.5 Å². The lowest BCUT2D eigenvalue weighted by Gasteiger charge is -2.34. The number of benzene rings is 1. The molecular formula is C18H23NOS. The molecule has 1 aromatic carbocycles. The van der Waals surface area contributed by atoms with E-state index in [-0.39, 0.29) is 6.10 Å². The third-order valence-electron chi connectivity index (χ3n) is 4.64. The predicted octanol–water partition coefficient (Wildman–Crippen LogP) is 4.10. The van der Waals surface area contributed by atoms with Gasteiger partial charge in [-0.15, -0.1) is 11.3 Å². The Kier molecular flexibility index (Phi) is 4.43. The van der Waals surface area contributed by atoms with E-state index in [2.05, 4.69) is 36.3 Å². The average Bonchev–Trinajstić information content (AvgIpc) is 2.96. The van der Waals surface area contributed by atoms with Crippen LogP contribution in [0.25, 0.3) is 0 Å². The lowest BCUT2D eigenvalue weighted by molar-refractivity contribution is 0.123. The van der Waals surface area contributed by atoms with Crippen molar-refractivity contribution in [3.8, 4) is 0 Å². The van der Waals surface area contributed by atoms with Crippen LogP contribution in [0.4, 0.5) is 0 Å². The fraction of sp³-hybridized carbons (Fsp3) is 0.444. The van der Waals surface area contributed by atoms with Crippen molar-refractivity contribution in [2.45, 2.75) is 38.8 Å². The van der Waals surface area contributed by atoms with Gasteiger partial charge in [0.25, 0.3) is 0 Å². The van der Waals surface area contributed by atoms with E-state index >= 15 is 0 Å². The molecule has 1 aliphatic heterocycles. The molecule has 2 aromatic rings. The van der Waals surface area contributed by atoms with Crippen LogP contribution >= 0.6 is 11.3 Å². The Hall–Kier alpha value is -1.16. The minimum atomic E-state index is -0.359. The van der Waals surface area contributed by atoms with Crippen molar-refractivity contribution in [1.82, 2.24) is 4.90 Å². The van der Waals surface area contributed by atoms with Gasteiger partial charge in [-0.3, -0.25) is 4.90 Å². The highest BCUT2D eigenvalue weighted by molar-refractivity contribution is 7.10. The summed E-state index contributed by atoms with van der Waals surface area (Å²) >= 11 is 1.88. The SMILES string of the molecule is Cc1ccccc1C(O)CCN1CCc2sccc2C1C. The van der Waals surface area contributed by atoms with Crippen LogP contribution in [-0.2, 0) is 6.42 Å². The summed E-state index contributed by atoms with van der Waals surface area (Å²) < 4.78 is 0. The standard InChI is InChI=1S/C18H23NOS/c1-13-5-3-4-6-15(13)17(20)7-10-19-11-8-18-16(14(19)2)9-12-21-18/h3-6,9,12,14,17,20H,7-8,10-11H2,1-2H3. The number of rotatable bonds is 4. The maximum absolute atomic E-state index is 10.4. The molecule has 1 aliphatic rings. The maximum Gasteiger partial charge on any atom is 0.0804 e. The van der Waals surface area contributed by atoms with E-state index in [1.54, 1.807) is 4.88 Å². The lowest BCUT2D eigenvalue weighted by atomic mass is 9.98. The minimum Gasteiger partial charge on any atom is -0.388 e. The fourth-order valence-corrected chi connectivity index (χ4v) is 4.23. The van der Waals surface area contributed by atoms with Crippen LogP contribution in [0.15, 0.2) is 35.7 Å². The van der Waals surface area contributed by atoms with Crippen LogP contribution in [0.5, 0.6) is 0 Å². The van der Waals surface area contributed by atoms with Gasteiger partial charge in [0, 0.05) is 24.0 Å².